The van der Waals surface area contributed by atoms with Crippen LogP contribution in [-0.4, -0.2) is 25.1 Å². The maximum atomic E-state index is 4.14. The molecule has 4 aromatic rings. The SMILES string of the molecule is CC(C)(C)C.CC(C)C.c1cnc2[nH]ncc2c1.c1cnc2ccncc2c1. The summed E-state index contributed by atoms with van der Waals surface area (Å²) in [5.74, 6) is 0.833. The molecule has 150 valence electrons. The maximum Gasteiger partial charge on any atom is 0.155 e. The van der Waals surface area contributed by atoms with Crippen molar-refractivity contribution in [3.8, 4) is 0 Å². The third-order valence-electron chi connectivity index (χ3n) is 2.62. The lowest BCUT2D eigenvalue weighted by Gasteiger charge is -2.05. The van der Waals surface area contributed by atoms with E-state index in [0.717, 1.165) is 27.9 Å². The zero-order valence-corrected chi connectivity index (χ0v) is 18.1. The summed E-state index contributed by atoms with van der Waals surface area (Å²) in [7, 11) is 0. The highest BCUT2D eigenvalue weighted by atomic mass is 15.1. The highest BCUT2D eigenvalue weighted by Crippen LogP contribution is 2.08. The Labute approximate surface area is 168 Å². The van der Waals surface area contributed by atoms with Gasteiger partial charge in [0, 0.05) is 35.6 Å². The zero-order valence-electron chi connectivity index (χ0n) is 18.1. The normalized spacial score (nSPS) is 10.3. The van der Waals surface area contributed by atoms with Gasteiger partial charge in [-0.25, -0.2) is 4.98 Å². The zero-order chi connectivity index (χ0) is 21.0. The molecule has 0 aliphatic rings. The molecular weight excluding hydrogens is 346 g/mol. The van der Waals surface area contributed by atoms with Crippen molar-refractivity contribution in [1.29, 1.82) is 0 Å². The largest absolute Gasteiger partial charge is 0.264 e. The molecule has 0 fully saturated rings. The van der Waals surface area contributed by atoms with Gasteiger partial charge in [0.25, 0.3) is 0 Å². The average molecular weight is 380 g/mol. The molecule has 0 radical (unpaired) electrons. The molecule has 0 amide bonds. The Balaban J connectivity index is 0.000000201. The van der Waals surface area contributed by atoms with E-state index in [1.807, 2.05) is 36.5 Å². The van der Waals surface area contributed by atoms with Gasteiger partial charge in [-0.05, 0) is 41.7 Å². The number of rotatable bonds is 0. The van der Waals surface area contributed by atoms with Crippen LogP contribution in [0.4, 0.5) is 0 Å². The van der Waals surface area contributed by atoms with Crippen molar-refractivity contribution in [3.63, 3.8) is 0 Å². The minimum absolute atomic E-state index is 0.500. The molecule has 4 aromatic heterocycles. The van der Waals surface area contributed by atoms with E-state index in [0.29, 0.717) is 5.41 Å². The molecule has 0 spiro atoms. The van der Waals surface area contributed by atoms with E-state index < -0.39 is 0 Å². The Morgan fingerprint density at radius 2 is 1.36 bits per heavy atom. The lowest BCUT2D eigenvalue weighted by Crippen LogP contribution is -1.93. The molecule has 0 bridgehead atoms. The van der Waals surface area contributed by atoms with Gasteiger partial charge in [-0.1, -0.05) is 48.5 Å². The summed E-state index contributed by atoms with van der Waals surface area (Å²) in [6.07, 6.45) is 8.82. The van der Waals surface area contributed by atoms with Crippen molar-refractivity contribution in [2.75, 3.05) is 0 Å². The van der Waals surface area contributed by atoms with Gasteiger partial charge < -0.3 is 0 Å². The van der Waals surface area contributed by atoms with Gasteiger partial charge in [0.15, 0.2) is 5.65 Å². The van der Waals surface area contributed by atoms with Crippen LogP contribution in [0.5, 0.6) is 0 Å². The van der Waals surface area contributed by atoms with Crippen molar-refractivity contribution in [2.24, 2.45) is 11.3 Å². The molecule has 0 aromatic carbocycles. The van der Waals surface area contributed by atoms with E-state index in [4.69, 9.17) is 0 Å². The molecule has 5 nitrogen and oxygen atoms in total. The predicted octanol–water partition coefficient (Wildman–Crippen LogP) is 6.30. The van der Waals surface area contributed by atoms with Crippen LogP contribution in [0.25, 0.3) is 21.9 Å². The number of H-pyrrole nitrogens is 1. The molecule has 28 heavy (non-hydrogen) atoms. The van der Waals surface area contributed by atoms with Gasteiger partial charge in [-0.3, -0.25) is 15.1 Å². The molecule has 0 unspecified atom stereocenters. The minimum Gasteiger partial charge on any atom is -0.264 e. The Hall–Kier alpha value is -2.82. The summed E-state index contributed by atoms with van der Waals surface area (Å²) in [4.78, 5) is 12.1. The topological polar surface area (TPSA) is 67.3 Å². The number of nitrogens with zero attached hydrogens (tertiary/aromatic N) is 4. The van der Waals surface area contributed by atoms with Gasteiger partial charge >= 0.3 is 0 Å². The van der Waals surface area contributed by atoms with E-state index in [9.17, 15) is 0 Å². The van der Waals surface area contributed by atoms with Gasteiger partial charge in [-0.2, -0.15) is 5.10 Å². The number of pyridine rings is 3. The number of hydrogen-bond acceptors (Lipinski definition) is 4. The summed E-state index contributed by atoms with van der Waals surface area (Å²) in [6.45, 7) is 15.2. The molecule has 4 rings (SSSR count). The Kier molecular flexibility index (Phi) is 9.79. The molecule has 0 atom stereocenters. The van der Waals surface area contributed by atoms with Crippen LogP contribution in [0, 0.1) is 11.3 Å². The summed E-state index contributed by atoms with van der Waals surface area (Å²) in [5, 5.41) is 8.71. The summed E-state index contributed by atoms with van der Waals surface area (Å²) in [6, 6.07) is 9.65. The van der Waals surface area contributed by atoms with Crippen LogP contribution in [-0.2, 0) is 0 Å². The van der Waals surface area contributed by atoms with Crippen LogP contribution in [0.1, 0.15) is 48.5 Å². The minimum atomic E-state index is 0.500. The molecule has 1 N–H and O–H groups in total. The van der Waals surface area contributed by atoms with E-state index in [-0.39, 0.29) is 0 Å². The van der Waals surface area contributed by atoms with Gasteiger partial charge in [-0.15, -0.1) is 0 Å². The first-order chi connectivity index (χ1) is 13.2. The summed E-state index contributed by atoms with van der Waals surface area (Å²) < 4.78 is 0. The van der Waals surface area contributed by atoms with Crippen molar-refractivity contribution in [3.05, 3.63) is 61.3 Å². The first-order valence-electron chi connectivity index (χ1n) is 9.55. The van der Waals surface area contributed by atoms with Gasteiger partial charge in [0.1, 0.15) is 0 Å². The van der Waals surface area contributed by atoms with Crippen LogP contribution in [0.2, 0.25) is 0 Å². The number of aromatic amines is 1. The monoisotopic (exact) mass is 379 g/mol. The van der Waals surface area contributed by atoms with Crippen molar-refractivity contribution in [2.45, 2.75) is 48.5 Å². The Morgan fingerprint density at radius 3 is 1.93 bits per heavy atom. The fourth-order valence-corrected chi connectivity index (χ4v) is 1.69. The van der Waals surface area contributed by atoms with Gasteiger partial charge in [0.05, 0.1) is 11.7 Å². The number of nitrogens with one attached hydrogen (secondary N) is 1. The number of hydrogen-bond donors (Lipinski definition) is 1. The van der Waals surface area contributed by atoms with Crippen molar-refractivity contribution in [1.82, 2.24) is 25.1 Å². The molecule has 0 saturated heterocycles. The number of aromatic nitrogens is 5. The first-order valence-corrected chi connectivity index (χ1v) is 9.55. The van der Waals surface area contributed by atoms with Crippen LogP contribution in [0.3, 0.4) is 0 Å². The smallest absolute Gasteiger partial charge is 0.155 e. The van der Waals surface area contributed by atoms with Crippen LogP contribution in [0.15, 0.2) is 61.3 Å². The highest BCUT2D eigenvalue weighted by Gasteiger charge is 1.95. The molecule has 5 heteroatoms. The number of fused-ring (bicyclic) bond motifs is 2. The van der Waals surface area contributed by atoms with Gasteiger partial charge in [0.2, 0.25) is 0 Å². The molecular formula is C23H33N5. The molecule has 0 saturated carbocycles. The molecule has 0 aliphatic heterocycles. The predicted molar refractivity (Wildman–Crippen MR) is 119 cm³/mol. The first kappa shape index (κ1) is 23.2. The second-order valence-corrected chi connectivity index (χ2v) is 8.62. The second-order valence-electron chi connectivity index (χ2n) is 8.62. The quantitative estimate of drug-likeness (QED) is 0.389. The fraction of sp³-hybridized carbons (Fsp3) is 0.391. The van der Waals surface area contributed by atoms with E-state index in [2.05, 4.69) is 73.6 Å². The molecule has 4 heterocycles. The maximum absolute atomic E-state index is 4.14. The van der Waals surface area contributed by atoms with Crippen molar-refractivity contribution >= 4 is 21.9 Å². The van der Waals surface area contributed by atoms with E-state index in [1.165, 1.54) is 0 Å². The lowest BCUT2D eigenvalue weighted by molar-refractivity contribution is 0.469. The third kappa shape index (κ3) is 11.0. The Bertz CT molecular complexity index is 818. The highest BCUT2D eigenvalue weighted by molar-refractivity contribution is 5.76. The molecule has 0 aliphatic carbocycles. The average Bonchev–Trinajstić information content (AvgIpc) is 3.09. The van der Waals surface area contributed by atoms with E-state index >= 15 is 0 Å². The van der Waals surface area contributed by atoms with Crippen LogP contribution >= 0.6 is 0 Å². The van der Waals surface area contributed by atoms with Crippen LogP contribution < -0.4 is 0 Å². The second kappa shape index (κ2) is 11.8. The Morgan fingerprint density at radius 1 is 0.786 bits per heavy atom. The fourth-order valence-electron chi connectivity index (χ4n) is 1.69. The van der Waals surface area contributed by atoms with E-state index in [1.54, 1.807) is 24.8 Å². The standard InChI is InChI=1S/C8H6N2.C6H5N3.C5H12.C4H10/c1-2-7-6-9-5-3-8(7)10-4-1;1-2-5-4-8-9-6(5)7-3-1;1-5(2,3)4;1-4(2)3/h1-6H;1-4H,(H,7,8,9);1-4H3;4H,1-3H3. The van der Waals surface area contributed by atoms with Crippen molar-refractivity contribution < 1.29 is 0 Å². The third-order valence-corrected chi connectivity index (χ3v) is 2.62. The summed E-state index contributed by atoms with van der Waals surface area (Å²) >= 11 is 0. The lowest BCUT2D eigenvalue weighted by atomic mass is 10.0. The summed E-state index contributed by atoms with van der Waals surface area (Å²) in [5.41, 5.74) is 2.34.